The molecule has 0 aromatic rings. The van der Waals surface area contributed by atoms with Crippen LogP contribution >= 0.6 is 0 Å². The van der Waals surface area contributed by atoms with Crippen LogP contribution in [0.1, 0.15) is 13.3 Å². The lowest BCUT2D eigenvalue weighted by atomic mass is 9.99. The lowest BCUT2D eigenvalue weighted by Crippen LogP contribution is -2.48. The number of hydrogen-bond donors (Lipinski definition) is 2. The highest BCUT2D eigenvalue weighted by Gasteiger charge is 2.34. The molecular formula is C7H13NO4. The topological polar surface area (TPSA) is 79.1 Å². The van der Waals surface area contributed by atoms with Gasteiger partial charge in [0.15, 0.2) is 0 Å². The van der Waals surface area contributed by atoms with E-state index in [0.29, 0.717) is 6.42 Å². The van der Waals surface area contributed by atoms with Crippen molar-refractivity contribution in [2.24, 2.45) is 5.18 Å². The fourth-order valence-electron chi connectivity index (χ4n) is 1.39. The smallest absolute Gasteiger partial charge is 0.110 e. The Balaban J connectivity index is 2.53. The van der Waals surface area contributed by atoms with Crippen molar-refractivity contribution in [1.29, 1.82) is 0 Å². The van der Waals surface area contributed by atoms with Gasteiger partial charge in [0.25, 0.3) is 0 Å². The van der Waals surface area contributed by atoms with Gasteiger partial charge in [-0.3, -0.25) is 0 Å². The normalized spacial score (nSPS) is 42.6. The summed E-state index contributed by atoms with van der Waals surface area (Å²) in [5.41, 5.74) is 0. The molecule has 12 heavy (non-hydrogen) atoms. The van der Waals surface area contributed by atoms with Crippen LogP contribution in [0.2, 0.25) is 0 Å². The number of ether oxygens (including phenoxy) is 1. The van der Waals surface area contributed by atoms with Crippen LogP contribution in [0.15, 0.2) is 5.18 Å². The predicted octanol–water partition coefficient (Wildman–Crippen LogP) is -0.348. The zero-order chi connectivity index (χ0) is 9.14. The number of hydrogen-bond acceptors (Lipinski definition) is 5. The van der Waals surface area contributed by atoms with E-state index >= 15 is 0 Å². The molecule has 70 valence electrons. The summed E-state index contributed by atoms with van der Waals surface area (Å²) in [7, 11) is 0. The van der Waals surface area contributed by atoms with E-state index in [-0.39, 0.29) is 12.6 Å². The highest BCUT2D eigenvalue weighted by molar-refractivity contribution is 4.84. The molecule has 0 radical (unpaired) electrons. The summed E-state index contributed by atoms with van der Waals surface area (Å²) in [6, 6.07) is 0. The van der Waals surface area contributed by atoms with E-state index in [4.69, 9.17) is 4.74 Å². The van der Waals surface area contributed by atoms with Gasteiger partial charge in [-0.1, -0.05) is 5.18 Å². The molecule has 1 rings (SSSR count). The standard InChI is InChI=1S/C7H13NO4/c1-4-2-5(9)7(10)6(12-4)3-8-11/h4-7,9-10H,2-3H2,1H3/t4?,5?,6?,7-/m0/s1. The first-order chi connectivity index (χ1) is 5.65. The van der Waals surface area contributed by atoms with E-state index < -0.39 is 18.3 Å². The molecular weight excluding hydrogens is 162 g/mol. The van der Waals surface area contributed by atoms with Gasteiger partial charge < -0.3 is 14.9 Å². The van der Waals surface area contributed by atoms with Crippen LogP contribution in [-0.2, 0) is 4.74 Å². The van der Waals surface area contributed by atoms with Gasteiger partial charge in [-0.2, -0.15) is 4.91 Å². The number of rotatable bonds is 2. The summed E-state index contributed by atoms with van der Waals surface area (Å²) < 4.78 is 5.21. The molecule has 1 aliphatic rings. The summed E-state index contributed by atoms with van der Waals surface area (Å²) in [6.45, 7) is 1.68. The molecule has 1 aliphatic heterocycles. The largest absolute Gasteiger partial charge is 0.390 e. The number of nitrogens with zero attached hydrogens (tertiary/aromatic N) is 1. The van der Waals surface area contributed by atoms with Crippen molar-refractivity contribution in [3.63, 3.8) is 0 Å². The molecule has 4 atom stereocenters. The molecule has 0 bridgehead atoms. The summed E-state index contributed by atoms with van der Waals surface area (Å²) in [5, 5.41) is 21.2. The molecule has 2 N–H and O–H groups in total. The molecule has 1 saturated heterocycles. The van der Waals surface area contributed by atoms with Crippen LogP contribution < -0.4 is 0 Å². The van der Waals surface area contributed by atoms with Gasteiger partial charge in [0.2, 0.25) is 0 Å². The van der Waals surface area contributed by atoms with Gasteiger partial charge in [0.05, 0.1) is 12.2 Å². The van der Waals surface area contributed by atoms with Gasteiger partial charge >= 0.3 is 0 Å². The molecule has 1 fully saturated rings. The van der Waals surface area contributed by atoms with Crippen LogP contribution in [0.4, 0.5) is 0 Å². The van der Waals surface area contributed by atoms with E-state index in [0.717, 1.165) is 0 Å². The van der Waals surface area contributed by atoms with E-state index in [1.165, 1.54) is 0 Å². The minimum Gasteiger partial charge on any atom is -0.390 e. The van der Waals surface area contributed by atoms with Crippen molar-refractivity contribution < 1.29 is 14.9 Å². The second-order valence-corrected chi connectivity index (χ2v) is 3.09. The third-order valence-electron chi connectivity index (χ3n) is 2.01. The Bertz CT molecular complexity index is 163. The lowest BCUT2D eigenvalue weighted by Gasteiger charge is -2.34. The minimum absolute atomic E-state index is 0.109. The zero-order valence-corrected chi connectivity index (χ0v) is 6.88. The van der Waals surface area contributed by atoms with Gasteiger partial charge in [-0.25, -0.2) is 0 Å². The SMILES string of the molecule is CC1CC(O)[C@H](O)C(CN=O)O1. The monoisotopic (exact) mass is 175 g/mol. The minimum atomic E-state index is -0.987. The summed E-state index contributed by atoms with van der Waals surface area (Å²) in [4.78, 5) is 9.91. The van der Waals surface area contributed by atoms with Crippen molar-refractivity contribution in [3.8, 4) is 0 Å². The molecule has 5 heteroatoms. The van der Waals surface area contributed by atoms with Crippen molar-refractivity contribution in [1.82, 2.24) is 0 Å². The maximum atomic E-state index is 9.91. The van der Waals surface area contributed by atoms with Crippen LogP contribution in [0.3, 0.4) is 0 Å². The predicted molar refractivity (Wildman–Crippen MR) is 41.6 cm³/mol. The first kappa shape index (κ1) is 9.57. The van der Waals surface area contributed by atoms with Crippen molar-refractivity contribution in [3.05, 3.63) is 4.91 Å². The Morgan fingerprint density at radius 1 is 1.58 bits per heavy atom. The average Bonchev–Trinajstić information content (AvgIpc) is 2.00. The molecule has 5 nitrogen and oxygen atoms in total. The Morgan fingerprint density at radius 3 is 2.83 bits per heavy atom. The Hall–Kier alpha value is -0.520. The maximum absolute atomic E-state index is 9.91. The number of nitroso groups, excluding NO2 is 1. The second kappa shape index (κ2) is 3.93. The Labute approximate surface area is 70.3 Å². The molecule has 3 unspecified atom stereocenters. The summed E-state index contributed by atoms with van der Waals surface area (Å²) >= 11 is 0. The van der Waals surface area contributed by atoms with Crippen LogP contribution in [0.25, 0.3) is 0 Å². The molecule has 0 aliphatic carbocycles. The lowest BCUT2D eigenvalue weighted by molar-refractivity contribution is -0.159. The van der Waals surface area contributed by atoms with Gasteiger partial charge in [-0.05, 0) is 6.92 Å². The maximum Gasteiger partial charge on any atom is 0.110 e. The first-order valence-corrected chi connectivity index (χ1v) is 3.96. The highest BCUT2D eigenvalue weighted by atomic mass is 16.5. The van der Waals surface area contributed by atoms with E-state index in [2.05, 4.69) is 5.18 Å². The van der Waals surface area contributed by atoms with Gasteiger partial charge in [-0.15, -0.1) is 0 Å². The molecule has 0 saturated carbocycles. The quantitative estimate of drug-likeness (QED) is 0.562. The zero-order valence-electron chi connectivity index (χ0n) is 6.88. The molecule has 0 amide bonds. The van der Waals surface area contributed by atoms with E-state index in [9.17, 15) is 15.1 Å². The van der Waals surface area contributed by atoms with Crippen LogP contribution in [0, 0.1) is 4.91 Å². The fourth-order valence-corrected chi connectivity index (χ4v) is 1.39. The van der Waals surface area contributed by atoms with Gasteiger partial charge in [0.1, 0.15) is 18.8 Å². The van der Waals surface area contributed by atoms with Crippen LogP contribution in [0.5, 0.6) is 0 Å². The fraction of sp³-hybridized carbons (Fsp3) is 1.00. The van der Waals surface area contributed by atoms with Crippen molar-refractivity contribution >= 4 is 0 Å². The highest BCUT2D eigenvalue weighted by Crippen LogP contribution is 2.20. The number of aliphatic hydroxyl groups excluding tert-OH is 2. The van der Waals surface area contributed by atoms with Crippen molar-refractivity contribution in [2.45, 2.75) is 37.8 Å². The van der Waals surface area contributed by atoms with E-state index in [1.54, 1.807) is 6.92 Å². The molecule has 0 aromatic carbocycles. The molecule has 0 spiro atoms. The Morgan fingerprint density at radius 2 is 2.25 bits per heavy atom. The molecule has 0 aromatic heterocycles. The third kappa shape index (κ3) is 2.00. The van der Waals surface area contributed by atoms with Gasteiger partial charge in [0, 0.05) is 6.42 Å². The van der Waals surface area contributed by atoms with E-state index in [1.807, 2.05) is 0 Å². The van der Waals surface area contributed by atoms with Crippen molar-refractivity contribution in [2.75, 3.05) is 6.54 Å². The van der Waals surface area contributed by atoms with Crippen LogP contribution in [-0.4, -0.2) is 41.2 Å². The second-order valence-electron chi connectivity index (χ2n) is 3.09. The average molecular weight is 175 g/mol. The Kier molecular flexibility index (Phi) is 3.13. The first-order valence-electron chi connectivity index (χ1n) is 3.96. The third-order valence-corrected chi connectivity index (χ3v) is 2.01. The number of aliphatic hydroxyl groups is 2. The molecule has 1 heterocycles. The summed E-state index contributed by atoms with van der Waals surface area (Å²) in [6.07, 6.45) is -2.17. The summed E-state index contributed by atoms with van der Waals surface area (Å²) in [5.74, 6) is 0.